The fourth-order valence-corrected chi connectivity index (χ4v) is 2.58. The Balaban J connectivity index is 2.52. The molecule has 0 spiro atoms. The van der Waals surface area contributed by atoms with Crippen molar-refractivity contribution in [1.29, 1.82) is 0 Å². The number of rotatable bonds is 2. The molecule has 2 atom stereocenters. The second-order valence-electron chi connectivity index (χ2n) is 4.94. The first-order valence-electron chi connectivity index (χ1n) is 5.95. The average molecular weight is 251 g/mol. The lowest BCUT2D eigenvalue weighted by Crippen LogP contribution is -2.29. The van der Waals surface area contributed by atoms with Gasteiger partial charge in [0.25, 0.3) is 0 Å². The molecule has 18 heavy (non-hydrogen) atoms. The van der Waals surface area contributed by atoms with Crippen molar-refractivity contribution in [2.45, 2.75) is 33.2 Å². The summed E-state index contributed by atoms with van der Waals surface area (Å²) in [5.41, 5.74) is 5.88. The third kappa shape index (κ3) is 2.07. The number of hydrogen-bond acceptors (Lipinski definition) is 6. The molecule has 1 fully saturated rings. The molecule has 0 radical (unpaired) electrons. The van der Waals surface area contributed by atoms with Gasteiger partial charge in [-0.2, -0.15) is 4.98 Å². The molecule has 2 rings (SSSR count). The smallest absolute Gasteiger partial charge is 0.332 e. The van der Waals surface area contributed by atoms with Crippen LogP contribution in [-0.4, -0.2) is 27.5 Å². The second-order valence-corrected chi connectivity index (χ2v) is 4.94. The topological polar surface area (TPSA) is 98.2 Å². The fraction of sp³-hybridized carbons (Fsp3) is 0.636. The summed E-state index contributed by atoms with van der Waals surface area (Å²) < 4.78 is 0. The lowest BCUT2D eigenvalue weighted by atomic mass is 10.1. The van der Waals surface area contributed by atoms with Crippen LogP contribution < -0.4 is 10.6 Å². The van der Waals surface area contributed by atoms with Gasteiger partial charge in [0.15, 0.2) is 0 Å². The third-order valence-electron chi connectivity index (χ3n) is 3.30. The van der Waals surface area contributed by atoms with Crippen molar-refractivity contribution < 1.29 is 4.92 Å². The summed E-state index contributed by atoms with van der Waals surface area (Å²) in [5.74, 6) is 0.929. The van der Waals surface area contributed by atoms with Gasteiger partial charge in [-0.3, -0.25) is 10.1 Å². The van der Waals surface area contributed by atoms with Gasteiger partial charge in [0.1, 0.15) is 5.69 Å². The van der Waals surface area contributed by atoms with Crippen LogP contribution in [0.5, 0.6) is 0 Å². The quantitative estimate of drug-likeness (QED) is 0.632. The van der Waals surface area contributed by atoms with Crippen LogP contribution in [0, 0.1) is 23.0 Å². The lowest BCUT2D eigenvalue weighted by molar-refractivity contribution is -0.385. The van der Waals surface area contributed by atoms with E-state index in [0.29, 0.717) is 17.4 Å². The molecule has 0 aromatic carbocycles. The molecule has 1 aromatic rings. The number of hydrogen-bond donors (Lipinski definition) is 1. The van der Waals surface area contributed by atoms with Gasteiger partial charge in [-0.15, -0.1) is 0 Å². The molecule has 1 aliphatic rings. The van der Waals surface area contributed by atoms with E-state index in [1.54, 1.807) is 6.92 Å². The van der Waals surface area contributed by atoms with E-state index >= 15 is 0 Å². The van der Waals surface area contributed by atoms with Gasteiger partial charge in [0.05, 0.1) is 4.92 Å². The van der Waals surface area contributed by atoms with Crippen LogP contribution in [0.1, 0.15) is 26.0 Å². The normalized spacial score (nSPS) is 23.4. The number of aromatic nitrogens is 2. The van der Waals surface area contributed by atoms with Gasteiger partial charge in [0.2, 0.25) is 11.8 Å². The monoisotopic (exact) mass is 251 g/mol. The molecule has 7 heteroatoms. The average Bonchev–Trinajstić information content (AvgIpc) is 2.55. The number of aryl methyl sites for hydroxylation is 1. The van der Waals surface area contributed by atoms with Crippen molar-refractivity contribution in [2.24, 2.45) is 5.92 Å². The minimum atomic E-state index is -0.431. The molecule has 98 valence electrons. The van der Waals surface area contributed by atoms with Crippen LogP contribution in [-0.2, 0) is 0 Å². The van der Waals surface area contributed by atoms with Crippen molar-refractivity contribution in [2.75, 3.05) is 17.2 Å². The standard InChI is InChI=1S/C11H17N5O2/c1-6-4-7(2)15(5-6)10-9(16(17)18)8(3)13-11(12)14-10/h6-7H,4-5H2,1-3H3,(H2,12,13,14). The first kappa shape index (κ1) is 12.5. The maximum absolute atomic E-state index is 11.2. The second kappa shape index (κ2) is 4.40. The summed E-state index contributed by atoms with van der Waals surface area (Å²) >= 11 is 0. The summed E-state index contributed by atoms with van der Waals surface area (Å²) in [6, 6.07) is 0.229. The van der Waals surface area contributed by atoms with Crippen molar-refractivity contribution in [1.82, 2.24) is 9.97 Å². The number of nitrogen functional groups attached to an aromatic ring is 1. The molecule has 0 amide bonds. The van der Waals surface area contributed by atoms with Crippen LogP contribution in [0.3, 0.4) is 0 Å². The van der Waals surface area contributed by atoms with Crippen LogP contribution in [0.4, 0.5) is 17.5 Å². The summed E-state index contributed by atoms with van der Waals surface area (Å²) in [6.07, 6.45) is 1.00. The van der Waals surface area contributed by atoms with Gasteiger partial charge >= 0.3 is 5.69 Å². The van der Waals surface area contributed by atoms with E-state index in [9.17, 15) is 10.1 Å². The van der Waals surface area contributed by atoms with Crippen LogP contribution in [0.15, 0.2) is 0 Å². The zero-order valence-corrected chi connectivity index (χ0v) is 10.8. The zero-order chi connectivity index (χ0) is 13.4. The van der Waals surface area contributed by atoms with E-state index in [0.717, 1.165) is 13.0 Å². The first-order valence-corrected chi connectivity index (χ1v) is 5.95. The molecule has 1 saturated heterocycles. The molecule has 2 heterocycles. The molecule has 7 nitrogen and oxygen atoms in total. The highest BCUT2D eigenvalue weighted by Crippen LogP contribution is 2.35. The number of nitrogens with two attached hydrogens (primary N) is 1. The van der Waals surface area contributed by atoms with E-state index in [1.165, 1.54) is 0 Å². The summed E-state index contributed by atoms with van der Waals surface area (Å²) in [6.45, 7) is 6.52. The third-order valence-corrected chi connectivity index (χ3v) is 3.30. The molecule has 1 aromatic heterocycles. The molecule has 2 unspecified atom stereocenters. The Labute approximate surface area is 105 Å². The maximum Gasteiger partial charge on any atom is 0.332 e. The van der Waals surface area contributed by atoms with E-state index < -0.39 is 4.92 Å². The predicted octanol–water partition coefficient (Wildman–Crippen LogP) is 1.51. The number of nitro groups is 1. The van der Waals surface area contributed by atoms with Gasteiger partial charge in [-0.05, 0) is 26.2 Å². The van der Waals surface area contributed by atoms with Gasteiger partial charge in [0, 0.05) is 12.6 Å². The predicted molar refractivity (Wildman–Crippen MR) is 68.4 cm³/mol. The van der Waals surface area contributed by atoms with Gasteiger partial charge in [-0.25, -0.2) is 4.98 Å². The SMILES string of the molecule is Cc1nc(N)nc(N2CC(C)CC2C)c1[N+](=O)[O-]. The van der Waals surface area contributed by atoms with Crippen LogP contribution >= 0.6 is 0 Å². The van der Waals surface area contributed by atoms with Crippen LogP contribution in [0.25, 0.3) is 0 Å². The lowest BCUT2D eigenvalue weighted by Gasteiger charge is -2.22. The highest BCUT2D eigenvalue weighted by atomic mass is 16.6. The summed E-state index contributed by atoms with van der Waals surface area (Å²) in [4.78, 5) is 20.6. The van der Waals surface area contributed by atoms with E-state index in [4.69, 9.17) is 5.73 Å². The molecule has 0 aliphatic carbocycles. The van der Waals surface area contributed by atoms with Crippen molar-refractivity contribution in [3.8, 4) is 0 Å². The molecular formula is C11H17N5O2. The highest BCUT2D eigenvalue weighted by molar-refractivity contribution is 5.63. The van der Waals surface area contributed by atoms with Crippen LogP contribution in [0.2, 0.25) is 0 Å². The van der Waals surface area contributed by atoms with Crippen molar-refractivity contribution in [3.05, 3.63) is 15.8 Å². The first-order chi connectivity index (χ1) is 8.40. The van der Waals surface area contributed by atoms with E-state index in [2.05, 4.69) is 16.9 Å². The van der Waals surface area contributed by atoms with E-state index in [1.807, 2.05) is 11.8 Å². The minimum Gasteiger partial charge on any atom is -0.368 e. The Morgan fingerprint density at radius 1 is 1.44 bits per heavy atom. The summed E-state index contributed by atoms with van der Waals surface area (Å²) in [5, 5.41) is 11.2. The Bertz CT molecular complexity index is 491. The number of nitrogens with zero attached hydrogens (tertiary/aromatic N) is 4. The highest BCUT2D eigenvalue weighted by Gasteiger charge is 2.33. The Hall–Kier alpha value is -1.92. The largest absolute Gasteiger partial charge is 0.368 e. The maximum atomic E-state index is 11.2. The van der Waals surface area contributed by atoms with Gasteiger partial charge < -0.3 is 10.6 Å². The Morgan fingerprint density at radius 2 is 2.11 bits per heavy atom. The molecule has 0 bridgehead atoms. The molecular weight excluding hydrogens is 234 g/mol. The van der Waals surface area contributed by atoms with Crippen molar-refractivity contribution in [3.63, 3.8) is 0 Å². The molecule has 0 saturated carbocycles. The summed E-state index contributed by atoms with van der Waals surface area (Å²) in [7, 11) is 0. The fourth-order valence-electron chi connectivity index (χ4n) is 2.58. The van der Waals surface area contributed by atoms with Crippen molar-refractivity contribution >= 4 is 17.5 Å². The Morgan fingerprint density at radius 3 is 2.61 bits per heavy atom. The van der Waals surface area contributed by atoms with Gasteiger partial charge in [-0.1, -0.05) is 6.92 Å². The zero-order valence-electron chi connectivity index (χ0n) is 10.8. The Kier molecular flexibility index (Phi) is 3.06. The molecule has 1 aliphatic heterocycles. The molecule has 2 N–H and O–H groups in total. The number of anilines is 2. The minimum absolute atomic E-state index is 0.0369. The van der Waals surface area contributed by atoms with E-state index in [-0.39, 0.29) is 17.7 Å².